The molecule has 2 unspecified atom stereocenters. The lowest BCUT2D eigenvalue weighted by Gasteiger charge is -2.44. The molecule has 2 atom stereocenters. The molecule has 0 saturated carbocycles. The summed E-state index contributed by atoms with van der Waals surface area (Å²) in [5.41, 5.74) is 1.36. The number of hydrogen-bond acceptors (Lipinski definition) is 2. The van der Waals surface area contributed by atoms with E-state index < -0.39 is 0 Å². The zero-order valence-corrected chi connectivity index (χ0v) is 13.5. The molecule has 0 aromatic heterocycles. The molecule has 2 fully saturated rings. The highest BCUT2D eigenvalue weighted by Crippen LogP contribution is 2.27. The molecule has 1 aliphatic carbocycles. The highest BCUT2D eigenvalue weighted by atomic mass is 35.5. The summed E-state index contributed by atoms with van der Waals surface area (Å²) < 4.78 is 0. The van der Waals surface area contributed by atoms with Crippen LogP contribution in [0, 0.1) is 0 Å². The van der Waals surface area contributed by atoms with Crippen molar-refractivity contribution in [3.05, 3.63) is 22.8 Å². The van der Waals surface area contributed by atoms with Gasteiger partial charge >= 0.3 is 0 Å². The maximum Gasteiger partial charge on any atom is 0.0726 e. The van der Waals surface area contributed by atoms with Gasteiger partial charge in [-0.2, -0.15) is 0 Å². The molecule has 0 N–H and O–H groups in total. The molecule has 112 valence electrons. The number of allylic oxidation sites excluding steroid dienone is 3. The fourth-order valence-electron chi connectivity index (χ4n) is 3.58. The normalized spacial score (nSPS) is 32.5. The molecular weight excluding hydrogens is 291 g/mol. The van der Waals surface area contributed by atoms with Gasteiger partial charge in [-0.25, -0.2) is 0 Å². The number of rotatable bonds is 3. The fraction of sp³-hybridized carbons (Fsp3) is 0.750. The van der Waals surface area contributed by atoms with Crippen molar-refractivity contribution >= 4 is 23.2 Å². The van der Waals surface area contributed by atoms with Crippen LogP contribution >= 0.6 is 23.2 Å². The van der Waals surface area contributed by atoms with Gasteiger partial charge in [0.05, 0.1) is 5.38 Å². The molecule has 0 aromatic rings. The largest absolute Gasteiger partial charge is 0.300 e. The summed E-state index contributed by atoms with van der Waals surface area (Å²) in [6, 6.07) is 0.809. The van der Waals surface area contributed by atoms with Gasteiger partial charge in [0.1, 0.15) is 0 Å². The van der Waals surface area contributed by atoms with Crippen LogP contribution in [0.5, 0.6) is 0 Å². The lowest BCUT2D eigenvalue weighted by Crippen LogP contribution is -2.54. The van der Waals surface area contributed by atoms with E-state index in [1.165, 1.54) is 51.0 Å². The predicted octanol–water partition coefficient (Wildman–Crippen LogP) is 3.61. The van der Waals surface area contributed by atoms with E-state index in [0.717, 1.165) is 30.5 Å². The smallest absolute Gasteiger partial charge is 0.0726 e. The highest BCUT2D eigenvalue weighted by Gasteiger charge is 2.28. The van der Waals surface area contributed by atoms with Crippen LogP contribution in [0.2, 0.25) is 0 Å². The summed E-state index contributed by atoms with van der Waals surface area (Å²) in [6.45, 7) is 6.20. The van der Waals surface area contributed by atoms with Gasteiger partial charge in [-0.1, -0.05) is 24.1 Å². The predicted molar refractivity (Wildman–Crippen MR) is 86.5 cm³/mol. The van der Waals surface area contributed by atoms with Gasteiger partial charge in [-0.05, 0) is 43.9 Å². The van der Waals surface area contributed by atoms with Crippen molar-refractivity contribution in [3.63, 3.8) is 0 Å². The second-order valence-corrected chi connectivity index (χ2v) is 7.21. The number of piperazine rings is 1. The Hall–Kier alpha value is -0.0200. The summed E-state index contributed by atoms with van der Waals surface area (Å²) in [5, 5.41) is 0.799. The second-order valence-electron chi connectivity index (χ2n) is 6.25. The van der Waals surface area contributed by atoms with E-state index in [0.29, 0.717) is 0 Å². The number of fused-ring (bicyclic) bond motifs is 1. The molecule has 4 heteroatoms. The number of alkyl halides is 1. The van der Waals surface area contributed by atoms with Crippen molar-refractivity contribution in [2.24, 2.45) is 0 Å². The van der Waals surface area contributed by atoms with Crippen LogP contribution in [0.25, 0.3) is 0 Å². The number of nitrogens with zero attached hydrogens (tertiary/aromatic N) is 2. The zero-order valence-electron chi connectivity index (χ0n) is 12.0. The lowest BCUT2D eigenvalue weighted by molar-refractivity contribution is 0.0501. The molecule has 0 aromatic carbocycles. The van der Waals surface area contributed by atoms with Gasteiger partial charge in [0.2, 0.25) is 0 Å². The molecule has 2 nitrogen and oxygen atoms in total. The summed E-state index contributed by atoms with van der Waals surface area (Å²) in [7, 11) is 0. The zero-order chi connectivity index (χ0) is 13.9. The highest BCUT2D eigenvalue weighted by molar-refractivity contribution is 6.37. The van der Waals surface area contributed by atoms with Crippen LogP contribution in [0.3, 0.4) is 0 Å². The van der Waals surface area contributed by atoms with Gasteiger partial charge in [-0.3, -0.25) is 4.90 Å². The number of hydrogen-bond donors (Lipinski definition) is 0. The van der Waals surface area contributed by atoms with E-state index in [1.807, 2.05) is 0 Å². The minimum absolute atomic E-state index is 0.00815. The van der Waals surface area contributed by atoms with Gasteiger partial charge < -0.3 is 4.90 Å². The average molecular weight is 315 g/mol. The third kappa shape index (κ3) is 3.59. The Morgan fingerprint density at radius 2 is 2.10 bits per heavy atom. The van der Waals surface area contributed by atoms with E-state index in [2.05, 4.69) is 22.0 Å². The van der Waals surface area contributed by atoms with E-state index >= 15 is 0 Å². The maximum atomic E-state index is 6.14. The minimum atomic E-state index is -0.00815. The molecule has 3 aliphatic rings. The van der Waals surface area contributed by atoms with Crippen LogP contribution in [-0.4, -0.2) is 53.9 Å². The minimum Gasteiger partial charge on any atom is -0.300 e. The molecule has 0 amide bonds. The van der Waals surface area contributed by atoms with Crippen LogP contribution in [-0.2, 0) is 0 Å². The average Bonchev–Trinajstić information content (AvgIpc) is 2.48. The van der Waals surface area contributed by atoms with Crippen molar-refractivity contribution < 1.29 is 0 Å². The van der Waals surface area contributed by atoms with Crippen LogP contribution in [0.4, 0.5) is 0 Å². The Morgan fingerprint density at radius 3 is 2.95 bits per heavy atom. The first-order chi connectivity index (χ1) is 9.72. The Bertz CT molecular complexity index is 405. The Morgan fingerprint density at radius 1 is 1.20 bits per heavy atom. The van der Waals surface area contributed by atoms with Gasteiger partial charge in [0, 0.05) is 37.3 Å². The van der Waals surface area contributed by atoms with Gasteiger partial charge in [0.25, 0.3) is 0 Å². The molecule has 0 radical (unpaired) electrons. The molecule has 2 heterocycles. The molecule has 0 bridgehead atoms. The van der Waals surface area contributed by atoms with Crippen molar-refractivity contribution in [2.75, 3.05) is 32.7 Å². The topological polar surface area (TPSA) is 6.48 Å². The quantitative estimate of drug-likeness (QED) is 0.734. The Kier molecular flexibility index (Phi) is 5.09. The standard InChI is InChI=1S/C16H24Cl2N2/c17-15-5-4-13(11-16(15)18)6-8-19-9-10-20-7-2-1-3-14(20)12-19/h4,11,14-15H,1-3,5-10,12H2. The van der Waals surface area contributed by atoms with Crippen LogP contribution < -0.4 is 0 Å². The van der Waals surface area contributed by atoms with Crippen molar-refractivity contribution in [2.45, 2.75) is 43.5 Å². The first-order valence-corrected chi connectivity index (χ1v) is 8.70. The molecular formula is C16H24Cl2N2. The maximum absolute atomic E-state index is 6.14. The van der Waals surface area contributed by atoms with E-state index in [9.17, 15) is 0 Å². The van der Waals surface area contributed by atoms with Crippen molar-refractivity contribution in [1.29, 1.82) is 0 Å². The van der Waals surface area contributed by atoms with Crippen LogP contribution in [0.1, 0.15) is 32.1 Å². The Labute approximate surface area is 132 Å². The molecule has 3 rings (SSSR count). The molecule has 2 saturated heterocycles. The summed E-state index contributed by atoms with van der Waals surface area (Å²) in [6.07, 6.45) is 10.5. The molecule has 0 spiro atoms. The van der Waals surface area contributed by atoms with Crippen molar-refractivity contribution in [1.82, 2.24) is 9.80 Å². The summed E-state index contributed by atoms with van der Waals surface area (Å²) in [5.74, 6) is 0. The SMILES string of the molecule is ClC1=CC(CCN2CCN3CCCCC3C2)=CCC1Cl. The summed E-state index contributed by atoms with van der Waals surface area (Å²) >= 11 is 12.2. The van der Waals surface area contributed by atoms with E-state index in [-0.39, 0.29) is 5.38 Å². The number of piperidine rings is 1. The Balaban J connectivity index is 1.47. The van der Waals surface area contributed by atoms with E-state index in [4.69, 9.17) is 23.2 Å². The first-order valence-electron chi connectivity index (χ1n) is 7.89. The van der Waals surface area contributed by atoms with Crippen molar-refractivity contribution in [3.8, 4) is 0 Å². The fourth-order valence-corrected chi connectivity index (χ4v) is 3.96. The van der Waals surface area contributed by atoms with E-state index in [1.54, 1.807) is 0 Å². The molecule has 20 heavy (non-hydrogen) atoms. The second kappa shape index (κ2) is 6.83. The molecule has 2 aliphatic heterocycles. The lowest BCUT2D eigenvalue weighted by atomic mass is 9.98. The third-order valence-corrected chi connectivity index (χ3v) is 5.75. The summed E-state index contributed by atoms with van der Waals surface area (Å²) in [4.78, 5) is 5.32. The van der Waals surface area contributed by atoms with Crippen LogP contribution in [0.15, 0.2) is 22.8 Å². The van der Waals surface area contributed by atoms with Gasteiger partial charge in [-0.15, -0.1) is 11.6 Å². The first kappa shape index (κ1) is 14.9. The third-order valence-electron chi connectivity index (χ3n) is 4.85. The van der Waals surface area contributed by atoms with Gasteiger partial charge in [0.15, 0.2) is 0 Å². The number of halogens is 2. The monoisotopic (exact) mass is 314 g/mol.